The Labute approximate surface area is 96.5 Å². The summed E-state index contributed by atoms with van der Waals surface area (Å²) in [6, 6.07) is 10.1. The van der Waals surface area contributed by atoms with Crippen LogP contribution in [0.2, 0.25) is 0 Å². The molecule has 1 heteroatoms. The van der Waals surface area contributed by atoms with Crippen LogP contribution < -0.4 is 0 Å². The molecule has 0 unspecified atom stereocenters. The van der Waals surface area contributed by atoms with Crippen molar-refractivity contribution in [1.82, 2.24) is 0 Å². The molecule has 1 nitrogen and oxygen atoms in total. The topological polar surface area (TPSA) is 17.1 Å². The molecule has 1 aromatic carbocycles. The van der Waals surface area contributed by atoms with E-state index in [0.717, 1.165) is 23.0 Å². The van der Waals surface area contributed by atoms with Crippen LogP contribution in [0.15, 0.2) is 47.6 Å². The van der Waals surface area contributed by atoms with E-state index in [1.165, 1.54) is 5.57 Å². The normalized spacial score (nSPS) is 18.6. The van der Waals surface area contributed by atoms with E-state index in [2.05, 4.69) is 39.0 Å². The summed E-state index contributed by atoms with van der Waals surface area (Å²) in [6.07, 6.45) is 3.16. The van der Waals surface area contributed by atoms with Gasteiger partial charge in [0.2, 0.25) is 0 Å². The molecule has 1 aliphatic carbocycles. The van der Waals surface area contributed by atoms with Gasteiger partial charge in [0, 0.05) is 11.0 Å². The Morgan fingerprint density at radius 1 is 1.12 bits per heavy atom. The Morgan fingerprint density at radius 3 is 2.31 bits per heavy atom. The fourth-order valence-corrected chi connectivity index (χ4v) is 2.42. The zero-order valence-corrected chi connectivity index (χ0v) is 9.95. The van der Waals surface area contributed by atoms with Gasteiger partial charge < -0.3 is 0 Å². The third-order valence-corrected chi connectivity index (χ3v) is 3.12. The van der Waals surface area contributed by atoms with E-state index in [1.807, 2.05) is 18.2 Å². The van der Waals surface area contributed by atoms with Crippen molar-refractivity contribution in [3.63, 3.8) is 0 Å². The van der Waals surface area contributed by atoms with Crippen LogP contribution in [-0.4, -0.2) is 6.29 Å². The third kappa shape index (κ3) is 1.63. The first-order valence-electron chi connectivity index (χ1n) is 5.51. The Kier molecular flexibility index (Phi) is 2.55. The molecule has 0 atom stereocenters. The SMILES string of the molecule is CC1=CC(C)(C)C(C=O)=C1c1ccccc1. The van der Waals surface area contributed by atoms with Crippen LogP contribution in [0.5, 0.6) is 0 Å². The predicted octanol–water partition coefficient (Wildman–Crippen LogP) is 3.63. The van der Waals surface area contributed by atoms with E-state index in [0.29, 0.717) is 0 Å². The maximum Gasteiger partial charge on any atom is 0.147 e. The summed E-state index contributed by atoms with van der Waals surface area (Å²) in [5.74, 6) is 0. The van der Waals surface area contributed by atoms with E-state index in [-0.39, 0.29) is 5.41 Å². The van der Waals surface area contributed by atoms with Crippen molar-refractivity contribution in [3.8, 4) is 0 Å². The first-order chi connectivity index (χ1) is 7.56. The summed E-state index contributed by atoms with van der Waals surface area (Å²) in [6.45, 7) is 6.23. The van der Waals surface area contributed by atoms with Gasteiger partial charge in [0.05, 0.1) is 0 Å². The Bertz CT molecular complexity index is 475. The highest BCUT2D eigenvalue weighted by Crippen LogP contribution is 2.43. The summed E-state index contributed by atoms with van der Waals surface area (Å²) in [7, 11) is 0. The number of carbonyl (C=O) groups is 1. The van der Waals surface area contributed by atoms with Crippen LogP contribution in [0, 0.1) is 5.41 Å². The molecule has 0 heterocycles. The van der Waals surface area contributed by atoms with Crippen molar-refractivity contribution in [2.24, 2.45) is 5.41 Å². The number of hydrogen-bond donors (Lipinski definition) is 0. The summed E-state index contributed by atoms with van der Waals surface area (Å²) in [4.78, 5) is 11.3. The molecule has 0 radical (unpaired) electrons. The number of benzene rings is 1. The summed E-state index contributed by atoms with van der Waals surface area (Å²) in [5.41, 5.74) is 4.16. The molecule has 82 valence electrons. The number of aldehydes is 1. The Hall–Kier alpha value is -1.63. The average molecular weight is 212 g/mol. The Balaban J connectivity index is 2.63. The van der Waals surface area contributed by atoms with Gasteiger partial charge in [0.25, 0.3) is 0 Å². The summed E-state index contributed by atoms with van der Waals surface area (Å²) in [5, 5.41) is 0. The number of hydrogen-bond acceptors (Lipinski definition) is 1. The molecular formula is C15H16O. The highest BCUT2D eigenvalue weighted by Gasteiger charge is 2.30. The van der Waals surface area contributed by atoms with Crippen LogP contribution in [0.3, 0.4) is 0 Å². The lowest BCUT2D eigenvalue weighted by molar-refractivity contribution is -0.105. The summed E-state index contributed by atoms with van der Waals surface area (Å²) >= 11 is 0. The molecular weight excluding hydrogens is 196 g/mol. The van der Waals surface area contributed by atoms with Gasteiger partial charge in [-0.25, -0.2) is 0 Å². The zero-order chi connectivity index (χ0) is 11.8. The summed E-state index contributed by atoms with van der Waals surface area (Å²) < 4.78 is 0. The van der Waals surface area contributed by atoms with Gasteiger partial charge in [-0.3, -0.25) is 4.79 Å². The van der Waals surface area contributed by atoms with Gasteiger partial charge in [0.1, 0.15) is 6.29 Å². The van der Waals surface area contributed by atoms with Crippen molar-refractivity contribution >= 4 is 11.9 Å². The lowest BCUT2D eigenvalue weighted by Gasteiger charge is -2.16. The van der Waals surface area contributed by atoms with Crippen LogP contribution in [-0.2, 0) is 4.79 Å². The lowest BCUT2D eigenvalue weighted by atomic mass is 9.86. The predicted molar refractivity (Wildman–Crippen MR) is 67.0 cm³/mol. The first-order valence-corrected chi connectivity index (χ1v) is 5.51. The first kappa shape index (κ1) is 10.9. The number of carbonyl (C=O) groups excluding carboxylic acids is 1. The van der Waals surface area contributed by atoms with Crippen molar-refractivity contribution in [2.45, 2.75) is 20.8 Å². The standard InChI is InChI=1S/C15H16O/c1-11-9-15(2,3)13(10-16)14(11)12-7-5-4-6-8-12/h4-10H,1-3H3. The second kappa shape index (κ2) is 3.75. The van der Waals surface area contributed by atoms with E-state index >= 15 is 0 Å². The maximum atomic E-state index is 11.3. The van der Waals surface area contributed by atoms with E-state index in [9.17, 15) is 4.79 Å². The molecule has 0 spiro atoms. The van der Waals surface area contributed by atoms with Crippen molar-refractivity contribution in [2.75, 3.05) is 0 Å². The molecule has 0 N–H and O–H groups in total. The largest absolute Gasteiger partial charge is 0.298 e. The molecule has 0 aromatic heterocycles. The lowest BCUT2D eigenvalue weighted by Crippen LogP contribution is -2.10. The minimum atomic E-state index is -0.142. The quantitative estimate of drug-likeness (QED) is 0.684. The second-order valence-electron chi connectivity index (χ2n) is 4.82. The molecule has 0 fully saturated rings. The fraction of sp³-hybridized carbons (Fsp3) is 0.267. The highest BCUT2D eigenvalue weighted by atomic mass is 16.1. The monoisotopic (exact) mass is 212 g/mol. The second-order valence-corrected chi connectivity index (χ2v) is 4.82. The molecule has 16 heavy (non-hydrogen) atoms. The molecule has 0 aliphatic heterocycles. The van der Waals surface area contributed by atoms with E-state index in [4.69, 9.17) is 0 Å². The van der Waals surface area contributed by atoms with Crippen LogP contribution in [0.4, 0.5) is 0 Å². The molecule has 2 rings (SSSR count). The van der Waals surface area contributed by atoms with Crippen molar-refractivity contribution < 1.29 is 4.79 Å². The molecule has 0 bridgehead atoms. The van der Waals surface area contributed by atoms with E-state index < -0.39 is 0 Å². The fourth-order valence-electron chi connectivity index (χ4n) is 2.42. The number of rotatable bonds is 2. The average Bonchev–Trinajstić information content (AvgIpc) is 2.48. The molecule has 0 saturated carbocycles. The third-order valence-electron chi connectivity index (χ3n) is 3.12. The van der Waals surface area contributed by atoms with E-state index in [1.54, 1.807) is 0 Å². The van der Waals surface area contributed by atoms with Gasteiger partial charge in [-0.2, -0.15) is 0 Å². The maximum absolute atomic E-state index is 11.3. The van der Waals surface area contributed by atoms with Crippen molar-refractivity contribution in [1.29, 1.82) is 0 Å². The Morgan fingerprint density at radius 2 is 1.75 bits per heavy atom. The van der Waals surface area contributed by atoms with Crippen molar-refractivity contribution in [3.05, 3.63) is 53.1 Å². The molecule has 0 amide bonds. The smallest absolute Gasteiger partial charge is 0.147 e. The molecule has 1 aromatic rings. The van der Waals surface area contributed by atoms with Gasteiger partial charge in [0.15, 0.2) is 0 Å². The van der Waals surface area contributed by atoms with Gasteiger partial charge in [-0.05, 0) is 23.6 Å². The minimum absolute atomic E-state index is 0.142. The molecule has 1 aliphatic rings. The highest BCUT2D eigenvalue weighted by molar-refractivity contribution is 5.98. The zero-order valence-electron chi connectivity index (χ0n) is 9.95. The van der Waals surface area contributed by atoms with Gasteiger partial charge >= 0.3 is 0 Å². The van der Waals surface area contributed by atoms with Gasteiger partial charge in [-0.1, -0.05) is 50.3 Å². The number of allylic oxidation sites excluding steroid dienone is 4. The van der Waals surface area contributed by atoms with Crippen LogP contribution in [0.25, 0.3) is 5.57 Å². The van der Waals surface area contributed by atoms with Crippen LogP contribution >= 0.6 is 0 Å². The van der Waals surface area contributed by atoms with Gasteiger partial charge in [-0.15, -0.1) is 0 Å². The van der Waals surface area contributed by atoms with Crippen LogP contribution in [0.1, 0.15) is 26.3 Å². The molecule has 0 saturated heterocycles. The minimum Gasteiger partial charge on any atom is -0.298 e.